The second kappa shape index (κ2) is 8.03. The lowest BCUT2D eigenvalue weighted by Gasteiger charge is -2.28. The van der Waals surface area contributed by atoms with Gasteiger partial charge in [0.1, 0.15) is 5.60 Å². The third-order valence-corrected chi connectivity index (χ3v) is 4.71. The standard InChI is InChI=1S/C13H27O5P/c1-7-10-11(12(14)18-13(4,5)6)19(15,16-8-2)17-9-3/h11H,7-10H2,1-6H3. The molecule has 6 heteroatoms. The van der Waals surface area contributed by atoms with Crippen molar-refractivity contribution in [3.8, 4) is 0 Å². The van der Waals surface area contributed by atoms with Gasteiger partial charge < -0.3 is 13.8 Å². The second-order valence-electron chi connectivity index (χ2n) is 5.21. The van der Waals surface area contributed by atoms with E-state index in [4.69, 9.17) is 13.8 Å². The summed E-state index contributed by atoms with van der Waals surface area (Å²) in [6.07, 6.45) is 1.13. The summed E-state index contributed by atoms with van der Waals surface area (Å²) in [7, 11) is -3.46. The Labute approximate surface area is 116 Å². The highest BCUT2D eigenvalue weighted by Gasteiger charge is 2.42. The average Bonchev–Trinajstić information content (AvgIpc) is 2.23. The molecular weight excluding hydrogens is 267 g/mol. The summed E-state index contributed by atoms with van der Waals surface area (Å²) < 4.78 is 28.5. The molecule has 0 bridgehead atoms. The van der Waals surface area contributed by atoms with Gasteiger partial charge >= 0.3 is 13.6 Å². The van der Waals surface area contributed by atoms with Crippen LogP contribution in [-0.2, 0) is 23.1 Å². The highest BCUT2D eigenvalue weighted by Crippen LogP contribution is 2.55. The fourth-order valence-corrected chi connectivity index (χ4v) is 3.66. The van der Waals surface area contributed by atoms with Crippen molar-refractivity contribution in [2.45, 2.75) is 65.6 Å². The highest BCUT2D eigenvalue weighted by molar-refractivity contribution is 7.55. The van der Waals surface area contributed by atoms with Crippen molar-refractivity contribution in [2.75, 3.05) is 13.2 Å². The van der Waals surface area contributed by atoms with Gasteiger partial charge in [-0.3, -0.25) is 9.36 Å². The van der Waals surface area contributed by atoms with E-state index >= 15 is 0 Å². The zero-order chi connectivity index (χ0) is 15.1. The van der Waals surface area contributed by atoms with Crippen LogP contribution in [0, 0.1) is 0 Å². The average molecular weight is 294 g/mol. The summed E-state index contributed by atoms with van der Waals surface area (Å²) >= 11 is 0. The summed E-state index contributed by atoms with van der Waals surface area (Å²) in [5.41, 5.74) is -1.47. The largest absolute Gasteiger partial charge is 0.459 e. The van der Waals surface area contributed by atoms with Crippen LogP contribution in [0.5, 0.6) is 0 Å². The first-order valence-corrected chi connectivity index (χ1v) is 8.43. The second-order valence-corrected chi connectivity index (χ2v) is 7.43. The molecule has 0 amide bonds. The van der Waals surface area contributed by atoms with Gasteiger partial charge in [-0.2, -0.15) is 0 Å². The molecule has 0 spiro atoms. The van der Waals surface area contributed by atoms with Crippen molar-refractivity contribution in [3.05, 3.63) is 0 Å². The lowest BCUT2D eigenvalue weighted by molar-refractivity contribution is -0.154. The fraction of sp³-hybridized carbons (Fsp3) is 0.923. The van der Waals surface area contributed by atoms with Gasteiger partial charge in [-0.1, -0.05) is 13.3 Å². The van der Waals surface area contributed by atoms with E-state index in [-0.39, 0.29) is 13.2 Å². The number of carbonyl (C=O) groups excluding carboxylic acids is 1. The molecule has 19 heavy (non-hydrogen) atoms. The van der Waals surface area contributed by atoms with Crippen molar-refractivity contribution in [2.24, 2.45) is 0 Å². The molecule has 1 atom stereocenters. The van der Waals surface area contributed by atoms with Gasteiger partial charge in [0.2, 0.25) is 0 Å². The quantitative estimate of drug-likeness (QED) is 0.504. The maximum Gasteiger partial charge on any atom is 0.344 e. The maximum absolute atomic E-state index is 12.7. The molecule has 0 aliphatic heterocycles. The van der Waals surface area contributed by atoms with E-state index in [1.54, 1.807) is 34.6 Å². The summed E-state index contributed by atoms with van der Waals surface area (Å²) in [5, 5.41) is 0. The van der Waals surface area contributed by atoms with Crippen LogP contribution in [0.15, 0.2) is 0 Å². The minimum atomic E-state index is -3.46. The van der Waals surface area contributed by atoms with E-state index < -0.39 is 24.8 Å². The Morgan fingerprint density at radius 1 is 1.11 bits per heavy atom. The van der Waals surface area contributed by atoms with Crippen LogP contribution in [0.2, 0.25) is 0 Å². The Kier molecular flexibility index (Phi) is 7.87. The SMILES string of the molecule is CCCC(C(=O)OC(C)(C)C)P(=O)(OCC)OCC. The van der Waals surface area contributed by atoms with Crippen LogP contribution in [0.3, 0.4) is 0 Å². The molecule has 0 aliphatic rings. The fourth-order valence-electron chi connectivity index (χ4n) is 1.63. The van der Waals surface area contributed by atoms with Crippen molar-refractivity contribution >= 4 is 13.6 Å². The Hall–Kier alpha value is -0.380. The van der Waals surface area contributed by atoms with Crippen molar-refractivity contribution in [1.82, 2.24) is 0 Å². The predicted molar refractivity (Wildman–Crippen MR) is 75.4 cm³/mol. The Bertz CT molecular complexity index is 311. The molecule has 0 rings (SSSR count). The molecule has 0 aromatic rings. The van der Waals surface area contributed by atoms with Gasteiger partial charge in [0, 0.05) is 0 Å². The highest BCUT2D eigenvalue weighted by atomic mass is 31.2. The van der Waals surface area contributed by atoms with Crippen LogP contribution in [0.25, 0.3) is 0 Å². The first kappa shape index (κ1) is 18.6. The molecule has 0 aliphatic carbocycles. The number of carbonyl (C=O) groups is 1. The third-order valence-electron chi connectivity index (χ3n) is 2.24. The van der Waals surface area contributed by atoms with Gasteiger partial charge in [0.05, 0.1) is 13.2 Å². The maximum atomic E-state index is 12.7. The number of ether oxygens (including phenoxy) is 1. The van der Waals surface area contributed by atoms with E-state index in [0.717, 1.165) is 0 Å². The first-order chi connectivity index (χ1) is 8.70. The van der Waals surface area contributed by atoms with Crippen LogP contribution in [0.4, 0.5) is 0 Å². The molecule has 5 nitrogen and oxygen atoms in total. The third kappa shape index (κ3) is 6.55. The number of hydrogen-bond donors (Lipinski definition) is 0. The van der Waals surface area contributed by atoms with Crippen LogP contribution in [0.1, 0.15) is 54.4 Å². The molecule has 0 fully saturated rings. The molecule has 0 radical (unpaired) electrons. The molecule has 0 aromatic heterocycles. The van der Waals surface area contributed by atoms with Gasteiger partial charge in [0.25, 0.3) is 0 Å². The van der Waals surface area contributed by atoms with E-state index in [1.165, 1.54) is 0 Å². The van der Waals surface area contributed by atoms with Gasteiger partial charge in [-0.05, 0) is 41.0 Å². The van der Waals surface area contributed by atoms with E-state index in [2.05, 4.69) is 0 Å². The molecule has 0 saturated carbocycles. The summed E-state index contributed by atoms with van der Waals surface area (Å²) in [5.74, 6) is -0.514. The molecule has 1 unspecified atom stereocenters. The lowest BCUT2D eigenvalue weighted by atomic mass is 10.2. The first-order valence-electron chi connectivity index (χ1n) is 6.81. The van der Waals surface area contributed by atoms with Gasteiger partial charge in [0.15, 0.2) is 5.66 Å². The van der Waals surface area contributed by atoms with E-state index in [9.17, 15) is 9.36 Å². The molecule has 114 valence electrons. The number of esters is 1. The van der Waals surface area contributed by atoms with Crippen molar-refractivity contribution in [1.29, 1.82) is 0 Å². The lowest BCUT2D eigenvalue weighted by Crippen LogP contribution is -2.32. The van der Waals surface area contributed by atoms with Gasteiger partial charge in [-0.15, -0.1) is 0 Å². The topological polar surface area (TPSA) is 61.8 Å². The van der Waals surface area contributed by atoms with Gasteiger partial charge in [-0.25, -0.2) is 0 Å². The zero-order valence-corrected chi connectivity index (χ0v) is 13.8. The Balaban J connectivity index is 5.14. The minimum absolute atomic E-state index is 0.236. The monoisotopic (exact) mass is 294 g/mol. The van der Waals surface area contributed by atoms with Crippen molar-refractivity contribution in [3.63, 3.8) is 0 Å². The van der Waals surface area contributed by atoms with E-state index in [0.29, 0.717) is 12.8 Å². The van der Waals surface area contributed by atoms with Crippen LogP contribution >= 0.6 is 7.60 Å². The summed E-state index contributed by atoms with van der Waals surface area (Å²) in [4.78, 5) is 12.2. The molecule has 0 N–H and O–H groups in total. The summed E-state index contributed by atoms with van der Waals surface area (Å²) in [6.45, 7) is 11.2. The number of rotatable bonds is 8. The minimum Gasteiger partial charge on any atom is -0.459 e. The van der Waals surface area contributed by atoms with Crippen molar-refractivity contribution < 1.29 is 23.1 Å². The van der Waals surface area contributed by atoms with Crippen LogP contribution < -0.4 is 0 Å². The number of hydrogen-bond acceptors (Lipinski definition) is 5. The van der Waals surface area contributed by atoms with E-state index in [1.807, 2.05) is 6.92 Å². The predicted octanol–water partition coefficient (Wildman–Crippen LogP) is 3.76. The zero-order valence-electron chi connectivity index (χ0n) is 12.9. The van der Waals surface area contributed by atoms with Crippen LogP contribution in [-0.4, -0.2) is 30.4 Å². The molecule has 0 saturated heterocycles. The Morgan fingerprint density at radius 3 is 1.89 bits per heavy atom. The molecule has 0 aromatic carbocycles. The Morgan fingerprint density at radius 2 is 1.58 bits per heavy atom. The summed E-state index contributed by atoms with van der Waals surface area (Å²) in [6, 6.07) is 0. The molecule has 0 heterocycles. The smallest absolute Gasteiger partial charge is 0.344 e. The normalized spacial score (nSPS) is 14.2. The molecular formula is C13H27O5P.